The molecule has 0 aliphatic carbocycles. The van der Waals surface area contributed by atoms with E-state index < -0.39 is 0 Å². The largest absolute Gasteiger partial charge is 0.237 e. The summed E-state index contributed by atoms with van der Waals surface area (Å²) in [5.74, 6) is 1.72. The number of hydrogen-bond acceptors (Lipinski definition) is 3. The number of nitrogens with zero attached hydrogens (tertiary/aromatic N) is 4. The first-order chi connectivity index (χ1) is 6.92. The molecule has 0 fully saturated rings. The van der Waals surface area contributed by atoms with Crippen molar-refractivity contribution in [3.8, 4) is 5.82 Å². The van der Waals surface area contributed by atoms with Crippen LogP contribution in [0.15, 0.2) is 30.7 Å². The van der Waals surface area contributed by atoms with E-state index in [1.54, 1.807) is 17.2 Å². The van der Waals surface area contributed by atoms with Crippen LogP contribution in [0.1, 0.15) is 5.82 Å². The van der Waals surface area contributed by atoms with E-state index in [0.29, 0.717) is 0 Å². The number of rotatable bonds is 3. The van der Waals surface area contributed by atoms with Crippen LogP contribution >= 0.6 is 15.9 Å². The van der Waals surface area contributed by atoms with Crippen molar-refractivity contribution in [2.75, 3.05) is 5.33 Å². The molecule has 0 aliphatic heterocycles. The second kappa shape index (κ2) is 4.32. The standard InChI is InChI=1S/C9H9BrN4/c10-5-4-9-12-7-13-14(9)8-3-1-2-6-11-8/h1-3,6-7H,4-5H2. The zero-order valence-corrected chi connectivity index (χ0v) is 9.05. The fourth-order valence-corrected chi connectivity index (χ4v) is 1.55. The normalized spacial score (nSPS) is 10.4. The van der Waals surface area contributed by atoms with Gasteiger partial charge in [-0.15, -0.1) is 0 Å². The van der Waals surface area contributed by atoms with E-state index in [1.807, 2.05) is 18.2 Å². The van der Waals surface area contributed by atoms with Crippen LogP contribution in [0.2, 0.25) is 0 Å². The van der Waals surface area contributed by atoms with Crippen LogP contribution < -0.4 is 0 Å². The Kier molecular flexibility index (Phi) is 2.88. The van der Waals surface area contributed by atoms with Crippen molar-refractivity contribution in [3.05, 3.63) is 36.5 Å². The third-order valence-corrected chi connectivity index (χ3v) is 2.20. The molecule has 72 valence electrons. The van der Waals surface area contributed by atoms with E-state index in [1.165, 1.54) is 0 Å². The van der Waals surface area contributed by atoms with Gasteiger partial charge in [-0.1, -0.05) is 22.0 Å². The minimum Gasteiger partial charge on any atom is -0.237 e. The zero-order chi connectivity index (χ0) is 9.80. The Morgan fingerprint density at radius 3 is 2.93 bits per heavy atom. The lowest BCUT2D eigenvalue weighted by Crippen LogP contribution is -2.05. The van der Waals surface area contributed by atoms with E-state index >= 15 is 0 Å². The van der Waals surface area contributed by atoms with Gasteiger partial charge in [-0.25, -0.2) is 9.97 Å². The van der Waals surface area contributed by atoms with Crippen LogP contribution in [0.5, 0.6) is 0 Å². The number of hydrogen-bond donors (Lipinski definition) is 0. The van der Waals surface area contributed by atoms with Crippen molar-refractivity contribution >= 4 is 15.9 Å². The van der Waals surface area contributed by atoms with Gasteiger partial charge in [0, 0.05) is 17.9 Å². The average molecular weight is 253 g/mol. The molecule has 2 aromatic heterocycles. The summed E-state index contributed by atoms with van der Waals surface area (Å²) >= 11 is 3.38. The topological polar surface area (TPSA) is 43.6 Å². The van der Waals surface area contributed by atoms with E-state index in [9.17, 15) is 0 Å². The number of halogens is 1. The van der Waals surface area contributed by atoms with Crippen LogP contribution in [-0.2, 0) is 6.42 Å². The molecule has 0 amide bonds. The number of aryl methyl sites for hydroxylation is 1. The molecule has 0 saturated carbocycles. The zero-order valence-electron chi connectivity index (χ0n) is 7.47. The second-order valence-corrected chi connectivity index (χ2v) is 3.51. The highest BCUT2D eigenvalue weighted by atomic mass is 79.9. The number of pyridine rings is 1. The van der Waals surface area contributed by atoms with Gasteiger partial charge >= 0.3 is 0 Å². The maximum absolute atomic E-state index is 4.21. The molecule has 0 saturated heterocycles. The quantitative estimate of drug-likeness (QED) is 0.780. The lowest BCUT2D eigenvalue weighted by atomic mass is 10.4. The lowest BCUT2D eigenvalue weighted by Gasteiger charge is -2.02. The first-order valence-corrected chi connectivity index (χ1v) is 5.40. The summed E-state index contributed by atoms with van der Waals surface area (Å²) in [6.07, 6.45) is 4.14. The van der Waals surface area contributed by atoms with E-state index in [4.69, 9.17) is 0 Å². The molecule has 0 aromatic carbocycles. The molecule has 0 aliphatic rings. The molecule has 0 radical (unpaired) electrons. The summed E-state index contributed by atoms with van der Waals surface area (Å²) < 4.78 is 1.75. The summed E-state index contributed by atoms with van der Waals surface area (Å²) in [6.45, 7) is 0. The molecule has 2 heterocycles. The van der Waals surface area contributed by atoms with Crippen LogP contribution in [0.3, 0.4) is 0 Å². The molecule has 0 spiro atoms. The molecule has 14 heavy (non-hydrogen) atoms. The number of alkyl halides is 1. The van der Waals surface area contributed by atoms with Crippen molar-refractivity contribution in [1.29, 1.82) is 0 Å². The van der Waals surface area contributed by atoms with Gasteiger partial charge in [0.05, 0.1) is 0 Å². The Morgan fingerprint density at radius 2 is 2.21 bits per heavy atom. The van der Waals surface area contributed by atoms with Crippen molar-refractivity contribution < 1.29 is 0 Å². The van der Waals surface area contributed by atoms with E-state index in [-0.39, 0.29) is 0 Å². The van der Waals surface area contributed by atoms with E-state index in [2.05, 4.69) is 31.0 Å². The molecule has 2 aromatic rings. The highest BCUT2D eigenvalue weighted by molar-refractivity contribution is 9.09. The van der Waals surface area contributed by atoms with Gasteiger partial charge in [-0.3, -0.25) is 0 Å². The fourth-order valence-electron chi connectivity index (χ4n) is 1.19. The number of aromatic nitrogens is 4. The van der Waals surface area contributed by atoms with Gasteiger partial charge in [0.15, 0.2) is 5.82 Å². The molecule has 2 rings (SSSR count). The second-order valence-electron chi connectivity index (χ2n) is 2.71. The molecule has 0 unspecified atom stereocenters. The minimum atomic E-state index is 0.806. The predicted molar refractivity (Wildman–Crippen MR) is 56.7 cm³/mol. The highest BCUT2D eigenvalue weighted by Gasteiger charge is 2.05. The van der Waals surface area contributed by atoms with Crippen LogP contribution in [-0.4, -0.2) is 25.1 Å². The van der Waals surface area contributed by atoms with Crippen LogP contribution in [0, 0.1) is 0 Å². The Morgan fingerprint density at radius 1 is 1.29 bits per heavy atom. The predicted octanol–water partition coefficient (Wildman–Crippen LogP) is 1.60. The summed E-state index contributed by atoms with van der Waals surface area (Å²) in [7, 11) is 0. The lowest BCUT2D eigenvalue weighted by molar-refractivity contribution is 0.782. The molecule has 0 atom stereocenters. The molecule has 0 bridgehead atoms. The summed E-state index contributed by atoms with van der Waals surface area (Å²) in [4.78, 5) is 8.37. The van der Waals surface area contributed by atoms with Crippen LogP contribution in [0.4, 0.5) is 0 Å². The molecule has 5 heteroatoms. The van der Waals surface area contributed by atoms with Gasteiger partial charge in [0.25, 0.3) is 0 Å². The summed E-state index contributed by atoms with van der Waals surface area (Å²) in [5.41, 5.74) is 0. The van der Waals surface area contributed by atoms with E-state index in [0.717, 1.165) is 23.4 Å². The SMILES string of the molecule is BrCCc1ncnn1-c1ccccn1. The molecular weight excluding hydrogens is 244 g/mol. The van der Waals surface area contributed by atoms with Gasteiger partial charge in [0.2, 0.25) is 0 Å². The third kappa shape index (κ3) is 1.82. The Labute approximate surface area is 90.1 Å². The first-order valence-electron chi connectivity index (χ1n) is 4.28. The first kappa shape index (κ1) is 9.33. The van der Waals surface area contributed by atoms with Gasteiger partial charge in [0.1, 0.15) is 12.2 Å². The van der Waals surface area contributed by atoms with Crippen molar-refractivity contribution in [1.82, 2.24) is 19.7 Å². The third-order valence-electron chi connectivity index (χ3n) is 1.80. The monoisotopic (exact) mass is 252 g/mol. The highest BCUT2D eigenvalue weighted by Crippen LogP contribution is 2.05. The molecule has 4 nitrogen and oxygen atoms in total. The summed E-state index contributed by atoms with van der Waals surface area (Å²) in [5, 5.41) is 5.00. The fraction of sp³-hybridized carbons (Fsp3) is 0.222. The van der Waals surface area contributed by atoms with Gasteiger partial charge in [-0.05, 0) is 12.1 Å². The van der Waals surface area contributed by atoms with Crippen molar-refractivity contribution in [2.24, 2.45) is 0 Å². The van der Waals surface area contributed by atoms with Crippen LogP contribution in [0.25, 0.3) is 5.82 Å². The van der Waals surface area contributed by atoms with Crippen molar-refractivity contribution in [3.63, 3.8) is 0 Å². The Hall–Kier alpha value is -1.23. The Bertz CT molecular complexity index is 398. The molecule has 0 N–H and O–H groups in total. The summed E-state index contributed by atoms with van der Waals surface area (Å²) in [6, 6.07) is 5.72. The smallest absolute Gasteiger partial charge is 0.155 e. The molecular formula is C9H9BrN4. The van der Waals surface area contributed by atoms with Gasteiger partial charge in [-0.2, -0.15) is 9.78 Å². The van der Waals surface area contributed by atoms with Gasteiger partial charge < -0.3 is 0 Å². The minimum absolute atomic E-state index is 0.806. The Balaban J connectivity index is 2.37. The average Bonchev–Trinajstić information content (AvgIpc) is 2.68. The maximum atomic E-state index is 4.21. The maximum Gasteiger partial charge on any atom is 0.155 e. The van der Waals surface area contributed by atoms with Crippen molar-refractivity contribution in [2.45, 2.75) is 6.42 Å².